The Morgan fingerprint density at radius 1 is 1.21 bits per heavy atom. The predicted octanol–water partition coefficient (Wildman–Crippen LogP) is 6.58. The number of nitrogens with one attached hydrogen (secondary N) is 1. The summed E-state index contributed by atoms with van der Waals surface area (Å²) in [5, 5.41) is 19.3. The largest absolute Gasteiger partial charge is 0.514 e. The Kier molecular flexibility index (Phi) is 8.59. The van der Waals surface area contributed by atoms with Gasteiger partial charge in [-0.15, -0.1) is 0 Å². The van der Waals surface area contributed by atoms with Gasteiger partial charge in [-0.25, -0.2) is 14.5 Å². The summed E-state index contributed by atoms with van der Waals surface area (Å²) in [4.78, 5) is 27.1. The second-order valence-electron chi connectivity index (χ2n) is 12.7. The summed E-state index contributed by atoms with van der Waals surface area (Å²) < 4.78 is 18.8. The van der Waals surface area contributed by atoms with Crippen LogP contribution in [0.15, 0.2) is 48.7 Å². The highest BCUT2D eigenvalue weighted by molar-refractivity contribution is 5.64. The van der Waals surface area contributed by atoms with Crippen molar-refractivity contribution in [2.75, 3.05) is 5.32 Å². The number of hydrogen-bond donors (Lipinski definition) is 2. The lowest BCUT2D eigenvalue weighted by Gasteiger charge is -2.23. The van der Waals surface area contributed by atoms with Crippen LogP contribution in [0.25, 0.3) is 0 Å². The smallest absolute Gasteiger partial charge is 0.475 e. The molecule has 230 valence electrons. The van der Waals surface area contributed by atoms with Crippen molar-refractivity contribution < 1.29 is 23.9 Å². The highest BCUT2D eigenvalue weighted by Gasteiger charge is 2.38. The van der Waals surface area contributed by atoms with E-state index in [0.29, 0.717) is 18.7 Å². The lowest BCUT2D eigenvalue weighted by Crippen LogP contribution is -2.25. The molecule has 0 bridgehead atoms. The fourth-order valence-corrected chi connectivity index (χ4v) is 5.27. The number of carbonyl (C=O) groups excluding carboxylic acids is 1. The summed E-state index contributed by atoms with van der Waals surface area (Å²) in [6, 6.07) is 11.1. The van der Waals surface area contributed by atoms with E-state index in [0.717, 1.165) is 49.3 Å². The fraction of sp³-hybridized carbons (Fsp3) is 0.516. The molecule has 3 aromatic rings. The summed E-state index contributed by atoms with van der Waals surface area (Å²) >= 11 is 0. The van der Waals surface area contributed by atoms with E-state index in [1.165, 1.54) is 24.3 Å². The number of non-ortho nitro benzene ring substituents is 1. The van der Waals surface area contributed by atoms with Gasteiger partial charge in [0.05, 0.1) is 22.3 Å². The third-order valence-corrected chi connectivity index (χ3v) is 7.95. The third-order valence-electron chi connectivity index (χ3n) is 7.95. The molecule has 0 radical (unpaired) electrons. The minimum Gasteiger partial charge on any atom is -0.475 e. The molecule has 3 N–H and O–H groups in total. The van der Waals surface area contributed by atoms with E-state index in [2.05, 4.69) is 31.1 Å². The van der Waals surface area contributed by atoms with Crippen LogP contribution < -0.4 is 20.5 Å². The number of anilines is 2. The maximum Gasteiger partial charge on any atom is 0.514 e. The third kappa shape index (κ3) is 8.01. The van der Waals surface area contributed by atoms with Crippen LogP contribution in [0.1, 0.15) is 84.3 Å². The average Bonchev–Trinajstić information content (AvgIpc) is 3.29. The van der Waals surface area contributed by atoms with E-state index in [9.17, 15) is 14.9 Å². The number of rotatable bonds is 11. The molecule has 12 nitrogen and oxygen atoms in total. The van der Waals surface area contributed by atoms with Gasteiger partial charge in [-0.05, 0) is 90.8 Å². The molecular formula is C31H40N6O6. The SMILES string of the molecule is CC(CCC1(N)CC1)Oc1cc(Nc2cc([C@H]3CC[C@@H](OC(=O)Oc4ccc([N+](=O)[O-])cc4)C3)nn2C(C)(C)C)ccn1. The van der Waals surface area contributed by atoms with Crippen LogP contribution in [0.5, 0.6) is 11.6 Å². The second-order valence-corrected chi connectivity index (χ2v) is 12.7. The molecule has 12 heteroatoms. The minimum absolute atomic E-state index is 0.00158. The minimum atomic E-state index is -0.831. The monoisotopic (exact) mass is 592 g/mol. The van der Waals surface area contributed by atoms with E-state index in [-0.39, 0.29) is 40.6 Å². The number of hydrogen-bond acceptors (Lipinski definition) is 10. The Balaban J connectivity index is 1.20. The van der Waals surface area contributed by atoms with Gasteiger partial charge in [0.2, 0.25) is 5.88 Å². The standard InChI is InChI=1S/C31H40N6O6/c1-20(11-13-31(32)14-15-31)41-28-18-22(12-16-33-28)34-27-19-26(35-36(27)30(2,3)4)21-5-8-25(17-21)43-29(38)42-24-9-6-23(7-10-24)37(39)40/h6-7,9-10,12,16,18-21,25H,5,8,11,13-15,17,32H2,1-4H3,(H,33,34)/t20?,21-,25+/m0/s1. The van der Waals surface area contributed by atoms with Gasteiger partial charge < -0.3 is 25.3 Å². The van der Waals surface area contributed by atoms with E-state index in [4.69, 9.17) is 25.0 Å². The summed E-state index contributed by atoms with van der Waals surface area (Å²) in [6.07, 6.45) is 6.71. The van der Waals surface area contributed by atoms with Crippen molar-refractivity contribution in [1.82, 2.24) is 14.8 Å². The van der Waals surface area contributed by atoms with E-state index >= 15 is 0 Å². The number of nitrogens with two attached hydrogens (primary N) is 1. The number of ether oxygens (including phenoxy) is 3. The summed E-state index contributed by atoms with van der Waals surface area (Å²) in [5.74, 6) is 1.69. The van der Waals surface area contributed by atoms with Crippen molar-refractivity contribution in [3.8, 4) is 11.6 Å². The Hall–Kier alpha value is -4.19. The van der Waals surface area contributed by atoms with Crippen LogP contribution in [-0.2, 0) is 10.3 Å². The summed E-state index contributed by atoms with van der Waals surface area (Å²) in [5.41, 5.74) is 7.62. The number of carbonyl (C=O) groups is 1. The lowest BCUT2D eigenvalue weighted by atomic mass is 10.0. The molecular weight excluding hydrogens is 552 g/mol. The first-order valence-electron chi connectivity index (χ1n) is 14.8. The molecule has 2 fully saturated rings. The fourth-order valence-electron chi connectivity index (χ4n) is 5.27. The molecule has 2 aliphatic rings. The molecule has 0 amide bonds. The lowest BCUT2D eigenvalue weighted by molar-refractivity contribution is -0.384. The van der Waals surface area contributed by atoms with Gasteiger partial charge in [0.15, 0.2) is 0 Å². The zero-order valence-electron chi connectivity index (χ0n) is 25.1. The molecule has 2 aromatic heterocycles. The van der Waals surface area contributed by atoms with Gasteiger partial charge in [0.25, 0.3) is 5.69 Å². The Morgan fingerprint density at radius 2 is 1.95 bits per heavy atom. The molecule has 2 aliphatic carbocycles. The van der Waals surface area contributed by atoms with Gasteiger partial charge in [-0.2, -0.15) is 5.10 Å². The van der Waals surface area contributed by atoms with Crippen molar-refractivity contribution in [1.29, 1.82) is 0 Å². The maximum atomic E-state index is 12.4. The van der Waals surface area contributed by atoms with Crippen molar-refractivity contribution in [3.63, 3.8) is 0 Å². The Labute approximate surface area is 251 Å². The van der Waals surface area contributed by atoms with E-state index in [1.54, 1.807) is 6.20 Å². The average molecular weight is 593 g/mol. The van der Waals surface area contributed by atoms with Gasteiger partial charge in [-0.1, -0.05) is 0 Å². The highest BCUT2D eigenvalue weighted by Crippen LogP contribution is 2.39. The van der Waals surface area contributed by atoms with E-state index in [1.807, 2.05) is 29.8 Å². The number of benzene rings is 1. The number of nitro benzene ring substituents is 1. The Morgan fingerprint density at radius 3 is 2.63 bits per heavy atom. The number of aromatic nitrogens is 3. The first-order valence-corrected chi connectivity index (χ1v) is 14.8. The van der Waals surface area contributed by atoms with Gasteiger partial charge in [-0.3, -0.25) is 10.1 Å². The second kappa shape index (κ2) is 12.2. The van der Waals surface area contributed by atoms with Gasteiger partial charge in [0, 0.05) is 47.6 Å². The highest BCUT2D eigenvalue weighted by atomic mass is 16.7. The maximum absolute atomic E-state index is 12.4. The molecule has 0 spiro atoms. The summed E-state index contributed by atoms with van der Waals surface area (Å²) in [7, 11) is 0. The zero-order chi connectivity index (χ0) is 30.8. The molecule has 1 unspecified atom stereocenters. The van der Waals surface area contributed by atoms with Crippen LogP contribution in [0, 0.1) is 10.1 Å². The van der Waals surface area contributed by atoms with Crippen molar-refractivity contribution in [2.24, 2.45) is 5.73 Å². The van der Waals surface area contributed by atoms with Crippen LogP contribution in [0.2, 0.25) is 0 Å². The molecule has 1 aromatic carbocycles. The first kappa shape index (κ1) is 30.3. The van der Waals surface area contributed by atoms with Crippen LogP contribution in [0.4, 0.5) is 22.0 Å². The molecule has 2 saturated carbocycles. The van der Waals surface area contributed by atoms with Crippen molar-refractivity contribution in [3.05, 3.63) is 64.5 Å². The molecule has 0 saturated heterocycles. The van der Waals surface area contributed by atoms with Gasteiger partial charge in [0.1, 0.15) is 17.7 Å². The molecule has 0 aliphatic heterocycles. The van der Waals surface area contributed by atoms with Crippen molar-refractivity contribution >= 4 is 23.3 Å². The normalized spacial score (nSPS) is 19.8. The predicted molar refractivity (Wildman–Crippen MR) is 161 cm³/mol. The quantitative estimate of drug-likeness (QED) is 0.108. The molecule has 5 rings (SSSR count). The zero-order valence-corrected chi connectivity index (χ0v) is 25.1. The molecule has 43 heavy (non-hydrogen) atoms. The number of nitrogens with zero attached hydrogens (tertiary/aromatic N) is 4. The first-order chi connectivity index (χ1) is 20.4. The van der Waals surface area contributed by atoms with E-state index < -0.39 is 11.1 Å². The number of nitro groups is 1. The topological polar surface area (TPSA) is 157 Å². The molecule has 3 atom stereocenters. The summed E-state index contributed by atoms with van der Waals surface area (Å²) in [6.45, 7) is 8.33. The van der Waals surface area contributed by atoms with Gasteiger partial charge >= 0.3 is 6.16 Å². The van der Waals surface area contributed by atoms with Crippen LogP contribution in [-0.4, -0.2) is 43.6 Å². The number of pyridine rings is 1. The van der Waals surface area contributed by atoms with Crippen LogP contribution in [0.3, 0.4) is 0 Å². The Bertz CT molecular complexity index is 1450. The van der Waals surface area contributed by atoms with Crippen molar-refractivity contribution in [2.45, 2.75) is 102 Å². The van der Waals surface area contributed by atoms with Crippen LogP contribution >= 0.6 is 0 Å². The molecule has 2 heterocycles.